The van der Waals surface area contributed by atoms with E-state index in [1.165, 1.54) is 11.3 Å². The second kappa shape index (κ2) is 6.81. The van der Waals surface area contributed by atoms with E-state index in [0.29, 0.717) is 12.3 Å². The number of thiophene rings is 1. The maximum Gasteiger partial charge on any atom is 0.271 e. The van der Waals surface area contributed by atoms with E-state index in [2.05, 4.69) is 20.7 Å². The van der Waals surface area contributed by atoms with Crippen molar-refractivity contribution < 1.29 is 13.2 Å². The molecule has 21 heavy (non-hydrogen) atoms. The summed E-state index contributed by atoms with van der Waals surface area (Å²) >= 11 is 4.53. The number of sulfonamides is 1. The second-order valence-corrected chi connectivity index (χ2v) is 8.78. The summed E-state index contributed by atoms with van der Waals surface area (Å²) in [5.41, 5.74) is 1.42. The molecule has 1 aromatic heterocycles. The Kier molecular flexibility index (Phi) is 5.29. The van der Waals surface area contributed by atoms with Crippen molar-refractivity contribution in [1.29, 1.82) is 0 Å². The first-order chi connectivity index (χ1) is 9.92. The van der Waals surface area contributed by atoms with Gasteiger partial charge in [-0.25, -0.2) is 8.42 Å². The largest absolute Gasteiger partial charge is 0.494 e. The number of aryl methyl sites for hydroxylation is 1. The van der Waals surface area contributed by atoms with Crippen molar-refractivity contribution in [3.63, 3.8) is 0 Å². The molecule has 0 radical (unpaired) electrons. The lowest BCUT2D eigenvalue weighted by Gasteiger charge is -2.08. The molecule has 7 heteroatoms. The third kappa shape index (κ3) is 4.21. The van der Waals surface area contributed by atoms with Gasteiger partial charge in [-0.1, -0.05) is 6.92 Å². The van der Waals surface area contributed by atoms with Crippen LogP contribution in [0.15, 0.2) is 38.3 Å². The zero-order valence-corrected chi connectivity index (χ0v) is 14.9. The van der Waals surface area contributed by atoms with Crippen molar-refractivity contribution >= 4 is 43.0 Å². The molecule has 2 aromatic rings. The van der Waals surface area contributed by atoms with Crippen LogP contribution < -0.4 is 9.46 Å². The number of nitrogens with one attached hydrogen (secondary N) is 1. The number of anilines is 1. The van der Waals surface area contributed by atoms with Gasteiger partial charge in [0, 0.05) is 5.69 Å². The number of hydrogen-bond acceptors (Lipinski definition) is 4. The molecule has 0 fully saturated rings. The topological polar surface area (TPSA) is 55.4 Å². The summed E-state index contributed by atoms with van der Waals surface area (Å²) in [6.07, 6.45) is 0.932. The number of hydrogen-bond donors (Lipinski definition) is 1. The highest BCUT2D eigenvalue weighted by Gasteiger charge is 2.18. The van der Waals surface area contributed by atoms with Crippen LogP contribution in [0.4, 0.5) is 5.69 Å². The summed E-state index contributed by atoms with van der Waals surface area (Å²) in [5.74, 6) is 0.731. The van der Waals surface area contributed by atoms with Gasteiger partial charge in [-0.3, -0.25) is 4.72 Å². The number of halogens is 1. The Bertz CT molecular complexity index is 689. The molecule has 1 N–H and O–H groups in total. The Hall–Kier alpha value is -1.05. The van der Waals surface area contributed by atoms with E-state index < -0.39 is 10.0 Å². The molecule has 0 aliphatic heterocycles. The van der Waals surface area contributed by atoms with E-state index in [1.807, 2.05) is 13.8 Å². The molecule has 1 heterocycles. The fourth-order valence-electron chi connectivity index (χ4n) is 1.61. The minimum absolute atomic E-state index is 0.290. The van der Waals surface area contributed by atoms with Crippen molar-refractivity contribution in [3.8, 4) is 5.75 Å². The van der Waals surface area contributed by atoms with Crippen molar-refractivity contribution in [3.05, 3.63) is 39.7 Å². The SMILES string of the molecule is CCCOc1ccc(NS(=O)(=O)c2cc(C)c(Br)s2)cc1. The zero-order valence-electron chi connectivity index (χ0n) is 11.7. The smallest absolute Gasteiger partial charge is 0.271 e. The molecule has 0 spiro atoms. The molecule has 0 saturated carbocycles. The van der Waals surface area contributed by atoms with Gasteiger partial charge in [-0.15, -0.1) is 11.3 Å². The summed E-state index contributed by atoms with van der Waals surface area (Å²) in [6.45, 7) is 4.54. The highest BCUT2D eigenvalue weighted by atomic mass is 79.9. The molecule has 4 nitrogen and oxygen atoms in total. The van der Waals surface area contributed by atoms with Gasteiger partial charge in [-0.2, -0.15) is 0 Å². The second-order valence-electron chi connectivity index (χ2n) is 4.50. The molecular weight excluding hydrogens is 374 g/mol. The molecule has 0 aliphatic carbocycles. The lowest BCUT2D eigenvalue weighted by atomic mass is 10.3. The minimum atomic E-state index is -3.55. The van der Waals surface area contributed by atoms with Crippen LogP contribution in [0, 0.1) is 6.92 Å². The number of ether oxygens (including phenoxy) is 1. The molecule has 0 atom stereocenters. The van der Waals surface area contributed by atoms with Crippen LogP contribution in [0.5, 0.6) is 5.75 Å². The highest BCUT2D eigenvalue weighted by molar-refractivity contribution is 9.11. The van der Waals surface area contributed by atoms with Crippen LogP contribution in [-0.4, -0.2) is 15.0 Å². The van der Waals surface area contributed by atoms with E-state index in [9.17, 15) is 8.42 Å². The van der Waals surface area contributed by atoms with Crippen molar-refractivity contribution in [2.24, 2.45) is 0 Å². The van der Waals surface area contributed by atoms with Crippen LogP contribution in [0.1, 0.15) is 18.9 Å². The highest BCUT2D eigenvalue weighted by Crippen LogP contribution is 2.31. The van der Waals surface area contributed by atoms with E-state index in [0.717, 1.165) is 21.5 Å². The summed E-state index contributed by atoms with van der Waals surface area (Å²) in [7, 11) is -3.55. The maximum absolute atomic E-state index is 12.3. The van der Waals surface area contributed by atoms with E-state index in [1.54, 1.807) is 30.3 Å². The van der Waals surface area contributed by atoms with Gasteiger partial charge in [0.15, 0.2) is 0 Å². The van der Waals surface area contributed by atoms with Crippen LogP contribution in [0.2, 0.25) is 0 Å². The van der Waals surface area contributed by atoms with Gasteiger partial charge < -0.3 is 4.74 Å². The average Bonchev–Trinajstić information content (AvgIpc) is 2.78. The van der Waals surface area contributed by atoms with Crippen LogP contribution in [-0.2, 0) is 10.0 Å². The van der Waals surface area contributed by atoms with E-state index in [4.69, 9.17) is 4.74 Å². The number of benzene rings is 1. The first-order valence-corrected chi connectivity index (χ1v) is 9.53. The van der Waals surface area contributed by atoms with E-state index >= 15 is 0 Å². The van der Waals surface area contributed by atoms with Crippen LogP contribution in [0.3, 0.4) is 0 Å². The Morgan fingerprint density at radius 1 is 1.29 bits per heavy atom. The lowest BCUT2D eigenvalue weighted by molar-refractivity contribution is 0.317. The Labute approximate surface area is 137 Å². The fourth-order valence-corrected chi connectivity index (χ4v) is 4.89. The van der Waals surface area contributed by atoms with Crippen LogP contribution in [0.25, 0.3) is 0 Å². The molecule has 0 saturated heterocycles. The third-order valence-corrected chi connectivity index (χ3v) is 6.67. The van der Waals surface area contributed by atoms with Gasteiger partial charge in [0.05, 0.1) is 10.4 Å². The quantitative estimate of drug-likeness (QED) is 0.795. The molecule has 0 bridgehead atoms. The molecule has 2 rings (SSSR count). The Morgan fingerprint density at radius 3 is 2.48 bits per heavy atom. The van der Waals surface area contributed by atoms with Gasteiger partial charge in [0.1, 0.15) is 9.96 Å². The molecule has 0 aliphatic rings. The van der Waals surface area contributed by atoms with Crippen molar-refractivity contribution in [2.45, 2.75) is 24.5 Å². The molecular formula is C14H16BrNO3S2. The Balaban J connectivity index is 2.13. The summed E-state index contributed by atoms with van der Waals surface area (Å²) < 4.78 is 33.7. The third-order valence-electron chi connectivity index (χ3n) is 2.68. The monoisotopic (exact) mass is 389 g/mol. The minimum Gasteiger partial charge on any atom is -0.494 e. The predicted molar refractivity (Wildman–Crippen MR) is 89.8 cm³/mol. The summed E-state index contributed by atoms with van der Waals surface area (Å²) in [6, 6.07) is 8.54. The Morgan fingerprint density at radius 2 is 1.95 bits per heavy atom. The van der Waals surface area contributed by atoms with E-state index in [-0.39, 0.29) is 4.21 Å². The maximum atomic E-state index is 12.3. The molecule has 0 amide bonds. The van der Waals surface area contributed by atoms with Gasteiger partial charge >= 0.3 is 0 Å². The average molecular weight is 390 g/mol. The van der Waals surface area contributed by atoms with Crippen molar-refractivity contribution in [1.82, 2.24) is 0 Å². The first kappa shape index (κ1) is 16.3. The van der Waals surface area contributed by atoms with Crippen LogP contribution >= 0.6 is 27.3 Å². The molecule has 1 aromatic carbocycles. The standard InChI is InChI=1S/C14H16BrNO3S2/c1-3-8-19-12-6-4-11(5-7-12)16-21(17,18)13-9-10(2)14(15)20-13/h4-7,9,16H,3,8H2,1-2H3. The normalized spacial score (nSPS) is 11.4. The summed E-state index contributed by atoms with van der Waals surface area (Å²) in [5, 5.41) is 0. The zero-order chi connectivity index (χ0) is 15.5. The molecule has 114 valence electrons. The summed E-state index contributed by atoms with van der Waals surface area (Å²) in [4.78, 5) is 0. The number of rotatable bonds is 6. The lowest BCUT2D eigenvalue weighted by Crippen LogP contribution is -2.11. The first-order valence-electron chi connectivity index (χ1n) is 6.44. The fraction of sp³-hybridized carbons (Fsp3) is 0.286. The van der Waals surface area contributed by atoms with Gasteiger partial charge in [0.2, 0.25) is 0 Å². The molecule has 0 unspecified atom stereocenters. The predicted octanol–water partition coefficient (Wildman–Crippen LogP) is 4.41. The van der Waals surface area contributed by atoms with Gasteiger partial charge in [0.25, 0.3) is 10.0 Å². The van der Waals surface area contributed by atoms with Crippen molar-refractivity contribution in [2.75, 3.05) is 11.3 Å². The van der Waals surface area contributed by atoms with Gasteiger partial charge in [-0.05, 0) is 65.2 Å².